The van der Waals surface area contributed by atoms with Gasteiger partial charge in [-0.3, -0.25) is 4.79 Å². The molecule has 0 aromatic heterocycles. The molecule has 0 aliphatic carbocycles. The number of carbonyl (C=O) groups is 3. The number of carboxylic acids is 1. The molecule has 0 aromatic carbocycles. The van der Waals surface area contributed by atoms with Crippen molar-refractivity contribution in [2.45, 2.75) is 19.4 Å². The van der Waals surface area contributed by atoms with E-state index in [4.69, 9.17) is 10.8 Å². The summed E-state index contributed by atoms with van der Waals surface area (Å²) in [5.74, 6) is -1.74. The summed E-state index contributed by atoms with van der Waals surface area (Å²) in [7, 11) is 0. The van der Waals surface area contributed by atoms with E-state index in [0.717, 1.165) is 0 Å². The van der Waals surface area contributed by atoms with Crippen LogP contribution < -0.4 is 16.4 Å². The molecule has 0 saturated carbocycles. The van der Waals surface area contributed by atoms with Gasteiger partial charge in [0.05, 0.1) is 6.61 Å². The number of hydrogen-bond acceptors (Lipinski definition) is 4. The number of hydrogen-bond donors (Lipinski definition) is 4. The lowest BCUT2D eigenvalue weighted by molar-refractivity contribution is -0.142. The summed E-state index contributed by atoms with van der Waals surface area (Å²) >= 11 is 0. The highest BCUT2D eigenvalue weighted by atomic mass is 16.5. The number of carboxylic acid groups (broad SMARTS) is 1. The molecule has 0 aliphatic heterocycles. The van der Waals surface area contributed by atoms with E-state index in [1.807, 2.05) is 0 Å². The summed E-state index contributed by atoms with van der Waals surface area (Å²) in [6, 6.07) is -0.576. The summed E-state index contributed by atoms with van der Waals surface area (Å²) < 4.78 is 4.69. The molecule has 0 spiro atoms. The quantitative estimate of drug-likeness (QED) is 0.413. The molecule has 17 heavy (non-hydrogen) atoms. The Kier molecular flexibility index (Phi) is 5.97. The van der Waals surface area contributed by atoms with E-state index in [2.05, 4.69) is 15.4 Å². The second-order valence-corrected chi connectivity index (χ2v) is 3.82. The van der Waals surface area contributed by atoms with Gasteiger partial charge in [-0.2, -0.15) is 0 Å². The van der Waals surface area contributed by atoms with Crippen LogP contribution in [0.3, 0.4) is 0 Å². The van der Waals surface area contributed by atoms with Crippen molar-refractivity contribution in [3.8, 4) is 0 Å². The largest absolute Gasteiger partial charge is 0.480 e. The highest BCUT2D eigenvalue weighted by molar-refractivity contribution is 5.89. The van der Waals surface area contributed by atoms with E-state index in [1.54, 1.807) is 0 Å². The van der Waals surface area contributed by atoms with E-state index in [9.17, 15) is 14.4 Å². The summed E-state index contributed by atoms with van der Waals surface area (Å²) in [6.07, 6.45) is 0. The number of carbonyl (C=O) groups excluding carboxylic acids is 2. The van der Waals surface area contributed by atoms with Crippen LogP contribution in [-0.2, 0) is 14.3 Å². The maximum absolute atomic E-state index is 11.3. The van der Waals surface area contributed by atoms with Crippen LogP contribution in [0.15, 0.2) is 0 Å². The van der Waals surface area contributed by atoms with E-state index >= 15 is 0 Å². The molecule has 0 heterocycles. The molecule has 0 saturated heterocycles. The van der Waals surface area contributed by atoms with Gasteiger partial charge < -0.3 is 26.2 Å². The minimum Gasteiger partial charge on any atom is -0.480 e. The summed E-state index contributed by atoms with van der Waals surface area (Å²) in [6.45, 7) is 2.71. The molecule has 5 N–H and O–H groups in total. The van der Waals surface area contributed by atoms with Crippen LogP contribution in [-0.4, -0.2) is 48.3 Å². The molecule has 0 radical (unpaired) electrons. The second kappa shape index (κ2) is 6.69. The predicted molar refractivity (Wildman–Crippen MR) is 58.3 cm³/mol. The Bertz CT molecular complexity index is 303. The fourth-order valence-corrected chi connectivity index (χ4v) is 0.786. The molecule has 0 aliphatic rings. The van der Waals surface area contributed by atoms with E-state index in [-0.39, 0.29) is 13.2 Å². The van der Waals surface area contributed by atoms with Gasteiger partial charge in [-0.05, 0) is 13.8 Å². The monoisotopic (exact) mass is 247 g/mol. The summed E-state index contributed by atoms with van der Waals surface area (Å²) in [5.41, 5.74) is 3.91. The van der Waals surface area contributed by atoms with Crippen LogP contribution in [0, 0.1) is 0 Å². The van der Waals surface area contributed by atoms with Gasteiger partial charge in [0, 0.05) is 6.54 Å². The van der Waals surface area contributed by atoms with Crippen LogP contribution in [0.25, 0.3) is 0 Å². The van der Waals surface area contributed by atoms with Crippen molar-refractivity contribution in [1.82, 2.24) is 10.6 Å². The number of aliphatic carboxylic acids is 1. The zero-order valence-electron chi connectivity index (χ0n) is 9.78. The maximum Gasteiger partial charge on any atom is 0.329 e. The average molecular weight is 247 g/mol. The Balaban J connectivity index is 3.74. The van der Waals surface area contributed by atoms with Crippen molar-refractivity contribution in [3.63, 3.8) is 0 Å². The first kappa shape index (κ1) is 15.2. The first-order valence-corrected chi connectivity index (χ1v) is 4.91. The molecule has 8 heteroatoms. The van der Waals surface area contributed by atoms with Crippen molar-refractivity contribution in [3.05, 3.63) is 0 Å². The maximum atomic E-state index is 11.3. The highest BCUT2D eigenvalue weighted by Crippen LogP contribution is 1.98. The zero-order chi connectivity index (χ0) is 13.5. The molecular weight excluding hydrogens is 230 g/mol. The number of nitrogens with one attached hydrogen (secondary N) is 2. The van der Waals surface area contributed by atoms with Crippen molar-refractivity contribution in [2.24, 2.45) is 5.73 Å². The zero-order valence-corrected chi connectivity index (χ0v) is 9.78. The SMILES string of the molecule is CC(C)(NC(=O)NCCOCC(=O)O)C(N)=O. The fraction of sp³-hybridized carbons (Fsp3) is 0.667. The topological polar surface area (TPSA) is 131 Å². The average Bonchev–Trinajstić information content (AvgIpc) is 2.15. The van der Waals surface area contributed by atoms with Crippen LogP contribution >= 0.6 is 0 Å². The van der Waals surface area contributed by atoms with E-state index in [0.29, 0.717) is 0 Å². The van der Waals surface area contributed by atoms with E-state index < -0.39 is 30.1 Å². The summed E-state index contributed by atoms with van der Waals surface area (Å²) in [4.78, 5) is 32.2. The normalized spacial score (nSPS) is 10.7. The van der Waals surface area contributed by atoms with Crippen molar-refractivity contribution < 1.29 is 24.2 Å². The van der Waals surface area contributed by atoms with Crippen LogP contribution in [0.4, 0.5) is 4.79 Å². The molecule has 0 rings (SSSR count). The number of primary amides is 1. The summed E-state index contributed by atoms with van der Waals surface area (Å²) in [5, 5.41) is 13.0. The van der Waals surface area contributed by atoms with Gasteiger partial charge in [0.1, 0.15) is 12.1 Å². The number of rotatable bonds is 7. The molecular formula is C9H17N3O5. The Morgan fingerprint density at radius 2 is 1.94 bits per heavy atom. The second-order valence-electron chi connectivity index (χ2n) is 3.82. The number of amides is 3. The van der Waals surface area contributed by atoms with Gasteiger partial charge in [0.15, 0.2) is 0 Å². The Labute approximate surface area is 98.5 Å². The number of urea groups is 1. The molecule has 0 atom stereocenters. The van der Waals surface area contributed by atoms with Crippen LogP contribution in [0.5, 0.6) is 0 Å². The Hall–Kier alpha value is -1.83. The molecule has 0 unspecified atom stereocenters. The third-order valence-corrected chi connectivity index (χ3v) is 1.80. The molecule has 0 fully saturated rings. The van der Waals surface area contributed by atoms with Crippen LogP contribution in [0.1, 0.15) is 13.8 Å². The molecule has 98 valence electrons. The predicted octanol–water partition coefficient (Wildman–Crippen LogP) is -1.35. The first-order valence-electron chi connectivity index (χ1n) is 4.91. The van der Waals surface area contributed by atoms with Gasteiger partial charge in [-0.15, -0.1) is 0 Å². The Morgan fingerprint density at radius 3 is 2.41 bits per heavy atom. The first-order chi connectivity index (χ1) is 7.75. The van der Waals surface area contributed by atoms with Gasteiger partial charge in [-0.25, -0.2) is 9.59 Å². The third kappa shape index (κ3) is 7.12. The van der Waals surface area contributed by atoms with Gasteiger partial charge in [0.25, 0.3) is 0 Å². The van der Waals surface area contributed by atoms with Gasteiger partial charge in [-0.1, -0.05) is 0 Å². The van der Waals surface area contributed by atoms with E-state index in [1.165, 1.54) is 13.8 Å². The molecule has 8 nitrogen and oxygen atoms in total. The highest BCUT2D eigenvalue weighted by Gasteiger charge is 2.26. The lowest BCUT2D eigenvalue weighted by Gasteiger charge is -2.22. The lowest BCUT2D eigenvalue weighted by atomic mass is 10.1. The lowest BCUT2D eigenvalue weighted by Crippen LogP contribution is -2.56. The van der Waals surface area contributed by atoms with Crippen molar-refractivity contribution >= 4 is 17.9 Å². The number of ether oxygens (including phenoxy) is 1. The molecule has 0 bridgehead atoms. The minimum absolute atomic E-state index is 0.0662. The smallest absolute Gasteiger partial charge is 0.329 e. The molecule has 0 aromatic rings. The third-order valence-electron chi connectivity index (χ3n) is 1.80. The Morgan fingerprint density at radius 1 is 1.35 bits per heavy atom. The number of nitrogens with two attached hydrogens (primary N) is 1. The van der Waals surface area contributed by atoms with Gasteiger partial charge >= 0.3 is 12.0 Å². The van der Waals surface area contributed by atoms with Crippen molar-refractivity contribution in [1.29, 1.82) is 0 Å². The van der Waals surface area contributed by atoms with Crippen LogP contribution in [0.2, 0.25) is 0 Å². The molecule has 3 amide bonds. The van der Waals surface area contributed by atoms with Gasteiger partial charge in [0.2, 0.25) is 5.91 Å². The fourth-order valence-electron chi connectivity index (χ4n) is 0.786. The standard InChI is InChI=1S/C9H17N3O5/c1-9(2,7(10)15)12-8(16)11-3-4-17-5-6(13)14/h3-5H2,1-2H3,(H2,10,15)(H,13,14)(H2,11,12,16). The minimum atomic E-state index is -1.15. The van der Waals surface area contributed by atoms with Crippen molar-refractivity contribution in [2.75, 3.05) is 19.8 Å².